The first-order valence-electron chi connectivity index (χ1n) is 7.13. The summed E-state index contributed by atoms with van der Waals surface area (Å²) in [7, 11) is 0. The Labute approximate surface area is 113 Å². The molecule has 0 aromatic rings. The average Bonchev–Trinajstić information content (AvgIpc) is 2.28. The maximum absolute atomic E-state index is 3.72. The summed E-state index contributed by atoms with van der Waals surface area (Å²) in [4.78, 5) is 0. The van der Waals surface area contributed by atoms with Crippen molar-refractivity contribution in [3.8, 4) is 0 Å². The monoisotopic (exact) mass is 247 g/mol. The van der Waals surface area contributed by atoms with Crippen LogP contribution in [0.25, 0.3) is 0 Å². The SMILES string of the molecule is C=CCNC/C(C)=C\CC1=C(C)CCCC1(C)C. The minimum atomic E-state index is 0.396. The van der Waals surface area contributed by atoms with Gasteiger partial charge in [0, 0.05) is 13.1 Å². The maximum Gasteiger partial charge on any atom is 0.0164 e. The van der Waals surface area contributed by atoms with E-state index in [1.165, 1.54) is 24.8 Å². The van der Waals surface area contributed by atoms with Crippen LogP contribution in [-0.2, 0) is 0 Å². The smallest absolute Gasteiger partial charge is 0.0164 e. The summed E-state index contributed by atoms with van der Waals surface area (Å²) in [6.45, 7) is 14.9. The zero-order valence-electron chi connectivity index (χ0n) is 12.6. The molecule has 0 saturated heterocycles. The van der Waals surface area contributed by atoms with Crippen LogP contribution in [0.4, 0.5) is 0 Å². The summed E-state index contributed by atoms with van der Waals surface area (Å²) in [5, 5.41) is 3.35. The van der Waals surface area contributed by atoms with Gasteiger partial charge in [0.05, 0.1) is 0 Å². The quantitative estimate of drug-likeness (QED) is 0.533. The van der Waals surface area contributed by atoms with Crippen LogP contribution in [0.5, 0.6) is 0 Å². The number of rotatable bonds is 6. The van der Waals surface area contributed by atoms with E-state index < -0.39 is 0 Å². The highest BCUT2D eigenvalue weighted by Gasteiger charge is 2.27. The molecular weight excluding hydrogens is 218 g/mol. The maximum atomic E-state index is 3.72. The van der Waals surface area contributed by atoms with Gasteiger partial charge >= 0.3 is 0 Å². The Balaban J connectivity index is 2.60. The van der Waals surface area contributed by atoms with Crippen LogP contribution < -0.4 is 5.32 Å². The highest BCUT2D eigenvalue weighted by Crippen LogP contribution is 2.41. The molecule has 0 spiro atoms. The van der Waals surface area contributed by atoms with Crippen LogP contribution in [0.1, 0.15) is 53.4 Å². The number of hydrogen-bond donors (Lipinski definition) is 1. The third-order valence-corrected chi connectivity index (χ3v) is 4.03. The fourth-order valence-corrected chi connectivity index (χ4v) is 2.85. The molecule has 18 heavy (non-hydrogen) atoms. The van der Waals surface area contributed by atoms with Gasteiger partial charge in [0.25, 0.3) is 0 Å². The van der Waals surface area contributed by atoms with Gasteiger partial charge in [-0.3, -0.25) is 0 Å². The zero-order chi connectivity index (χ0) is 13.6. The standard InChI is InChI=1S/C17H29N/c1-6-12-18-13-14(2)9-10-16-15(3)8-7-11-17(16,4)5/h6,9,18H,1,7-8,10-13H2,2-5H3/b14-9-. The minimum Gasteiger partial charge on any atom is -0.310 e. The van der Waals surface area contributed by atoms with Crippen LogP contribution in [0, 0.1) is 5.41 Å². The summed E-state index contributed by atoms with van der Waals surface area (Å²) in [6.07, 6.45) is 9.40. The van der Waals surface area contributed by atoms with Gasteiger partial charge in [-0.15, -0.1) is 6.58 Å². The molecule has 0 amide bonds. The van der Waals surface area contributed by atoms with E-state index in [-0.39, 0.29) is 0 Å². The summed E-state index contributed by atoms with van der Waals surface area (Å²) >= 11 is 0. The largest absolute Gasteiger partial charge is 0.310 e. The average molecular weight is 247 g/mol. The molecule has 0 saturated carbocycles. The van der Waals surface area contributed by atoms with Gasteiger partial charge in [-0.25, -0.2) is 0 Å². The van der Waals surface area contributed by atoms with Crippen LogP contribution in [0.3, 0.4) is 0 Å². The molecule has 1 rings (SSSR count). The highest BCUT2D eigenvalue weighted by atomic mass is 14.8. The van der Waals surface area contributed by atoms with Crippen molar-refractivity contribution >= 4 is 0 Å². The fraction of sp³-hybridized carbons (Fsp3) is 0.647. The molecule has 1 aliphatic carbocycles. The molecule has 0 heterocycles. The first-order chi connectivity index (χ1) is 8.47. The van der Waals surface area contributed by atoms with Gasteiger partial charge < -0.3 is 5.32 Å². The van der Waals surface area contributed by atoms with E-state index in [4.69, 9.17) is 0 Å². The first kappa shape index (κ1) is 15.2. The molecule has 0 aromatic carbocycles. The Kier molecular flexibility index (Phi) is 5.87. The summed E-state index contributed by atoms with van der Waals surface area (Å²) in [5.74, 6) is 0. The van der Waals surface area contributed by atoms with E-state index in [0.29, 0.717) is 5.41 Å². The zero-order valence-corrected chi connectivity index (χ0v) is 12.6. The predicted octanol–water partition coefficient (Wildman–Crippen LogP) is 4.63. The van der Waals surface area contributed by atoms with E-state index in [1.54, 1.807) is 11.1 Å². The van der Waals surface area contributed by atoms with Crippen molar-refractivity contribution in [2.24, 2.45) is 5.41 Å². The fourth-order valence-electron chi connectivity index (χ4n) is 2.85. The van der Waals surface area contributed by atoms with Crippen molar-refractivity contribution in [2.45, 2.75) is 53.4 Å². The van der Waals surface area contributed by atoms with Crippen LogP contribution >= 0.6 is 0 Å². The van der Waals surface area contributed by atoms with Crippen molar-refractivity contribution in [1.29, 1.82) is 0 Å². The van der Waals surface area contributed by atoms with Crippen LogP contribution in [-0.4, -0.2) is 13.1 Å². The van der Waals surface area contributed by atoms with Crippen LogP contribution in [0.15, 0.2) is 35.5 Å². The lowest BCUT2D eigenvalue weighted by Crippen LogP contribution is -2.20. The Morgan fingerprint density at radius 1 is 1.44 bits per heavy atom. The second-order valence-electron chi connectivity index (χ2n) is 6.17. The lowest BCUT2D eigenvalue weighted by atomic mass is 9.71. The van der Waals surface area contributed by atoms with Crippen LogP contribution in [0.2, 0.25) is 0 Å². The number of allylic oxidation sites excluding steroid dienone is 3. The van der Waals surface area contributed by atoms with E-state index in [0.717, 1.165) is 19.5 Å². The van der Waals surface area contributed by atoms with E-state index in [2.05, 4.69) is 45.7 Å². The third kappa shape index (κ3) is 4.45. The van der Waals surface area contributed by atoms with Crippen molar-refractivity contribution < 1.29 is 0 Å². The van der Waals surface area contributed by atoms with Gasteiger partial charge in [-0.2, -0.15) is 0 Å². The van der Waals surface area contributed by atoms with Gasteiger partial charge in [0.2, 0.25) is 0 Å². The molecule has 0 fully saturated rings. The highest BCUT2D eigenvalue weighted by molar-refractivity contribution is 5.25. The molecule has 0 aromatic heterocycles. The molecule has 1 heteroatoms. The number of hydrogen-bond acceptors (Lipinski definition) is 1. The molecule has 102 valence electrons. The molecular formula is C17H29N. The normalized spacial score (nSPS) is 20.1. The summed E-state index contributed by atoms with van der Waals surface area (Å²) in [5.41, 5.74) is 5.11. The topological polar surface area (TPSA) is 12.0 Å². The Hall–Kier alpha value is -0.820. The summed E-state index contributed by atoms with van der Waals surface area (Å²) in [6, 6.07) is 0. The second kappa shape index (κ2) is 6.94. The Bertz CT molecular complexity index is 345. The van der Waals surface area contributed by atoms with Crippen molar-refractivity contribution in [3.05, 3.63) is 35.5 Å². The number of nitrogens with one attached hydrogen (secondary N) is 1. The van der Waals surface area contributed by atoms with E-state index >= 15 is 0 Å². The molecule has 1 nitrogen and oxygen atoms in total. The van der Waals surface area contributed by atoms with Crippen molar-refractivity contribution in [2.75, 3.05) is 13.1 Å². The molecule has 0 unspecified atom stereocenters. The van der Waals surface area contributed by atoms with Gasteiger partial charge in [-0.1, -0.05) is 42.7 Å². The van der Waals surface area contributed by atoms with E-state index in [9.17, 15) is 0 Å². The Morgan fingerprint density at radius 2 is 2.17 bits per heavy atom. The summed E-state index contributed by atoms with van der Waals surface area (Å²) < 4.78 is 0. The molecule has 1 N–H and O–H groups in total. The van der Waals surface area contributed by atoms with Crippen molar-refractivity contribution in [3.63, 3.8) is 0 Å². The van der Waals surface area contributed by atoms with Gasteiger partial charge in [0.1, 0.15) is 0 Å². The second-order valence-corrected chi connectivity index (χ2v) is 6.17. The molecule has 0 bridgehead atoms. The lowest BCUT2D eigenvalue weighted by molar-refractivity contribution is 0.360. The molecule has 0 aliphatic heterocycles. The van der Waals surface area contributed by atoms with Crippen molar-refractivity contribution in [1.82, 2.24) is 5.32 Å². The van der Waals surface area contributed by atoms with Gasteiger partial charge in [0.15, 0.2) is 0 Å². The first-order valence-corrected chi connectivity index (χ1v) is 7.13. The molecule has 0 radical (unpaired) electrons. The molecule has 0 atom stereocenters. The van der Waals surface area contributed by atoms with E-state index in [1.807, 2.05) is 6.08 Å². The molecule has 1 aliphatic rings. The third-order valence-electron chi connectivity index (χ3n) is 4.03. The minimum absolute atomic E-state index is 0.396. The predicted molar refractivity (Wildman–Crippen MR) is 81.8 cm³/mol. The van der Waals surface area contributed by atoms with Gasteiger partial charge in [-0.05, 0) is 44.9 Å². The lowest BCUT2D eigenvalue weighted by Gasteiger charge is -2.34. The Morgan fingerprint density at radius 3 is 2.78 bits per heavy atom.